The molecule has 0 aliphatic carbocycles. The van der Waals surface area contributed by atoms with Gasteiger partial charge in [0.05, 0.1) is 17.6 Å². The molecule has 0 bridgehead atoms. The lowest BCUT2D eigenvalue weighted by atomic mass is 9.93. The first-order chi connectivity index (χ1) is 11.3. The number of ether oxygens (including phenoxy) is 1. The number of hydrogen-bond acceptors (Lipinski definition) is 3. The Labute approximate surface area is 140 Å². The van der Waals surface area contributed by atoms with Crippen LogP contribution in [0.2, 0.25) is 0 Å². The summed E-state index contributed by atoms with van der Waals surface area (Å²) in [4.78, 5) is 23.5. The lowest BCUT2D eigenvalue weighted by Gasteiger charge is -2.26. The van der Waals surface area contributed by atoms with Crippen LogP contribution in [0, 0.1) is 11.2 Å². The largest absolute Gasteiger partial charge is 0.376 e. The average molecular weight is 337 g/mol. The third-order valence-corrected chi connectivity index (χ3v) is 4.21. The van der Waals surface area contributed by atoms with Crippen molar-refractivity contribution in [1.29, 1.82) is 0 Å². The Morgan fingerprint density at radius 2 is 2.04 bits per heavy atom. The minimum absolute atomic E-state index is 0.121. The van der Waals surface area contributed by atoms with Gasteiger partial charge in [0.1, 0.15) is 5.82 Å². The van der Waals surface area contributed by atoms with Gasteiger partial charge in [0.15, 0.2) is 0 Å². The molecule has 2 atom stereocenters. The molecule has 1 aliphatic heterocycles. The Kier molecular flexibility index (Phi) is 5.77. The number of hydrogen-bond donors (Lipinski definition) is 3. The molecule has 24 heavy (non-hydrogen) atoms. The lowest BCUT2D eigenvalue weighted by molar-refractivity contribution is -0.125. The van der Waals surface area contributed by atoms with Gasteiger partial charge in [0.25, 0.3) is 0 Å². The first-order valence-electron chi connectivity index (χ1n) is 8.01. The predicted octanol–water partition coefficient (Wildman–Crippen LogP) is 1.86. The summed E-state index contributed by atoms with van der Waals surface area (Å²) in [6.07, 6.45) is 1.57. The van der Waals surface area contributed by atoms with Crippen LogP contribution >= 0.6 is 0 Å². The predicted molar refractivity (Wildman–Crippen MR) is 87.6 cm³/mol. The molecule has 1 aromatic rings. The molecule has 3 amide bonds. The van der Waals surface area contributed by atoms with E-state index in [0.717, 1.165) is 18.4 Å². The third kappa shape index (κ3) is 4.67. The second-order valence-electron chi connectivity index (χ2n) is 6.66. The number of benzene rings is 1. The number of nitrogens with two attached hydrogens (primary N) is 1. The fourth-order valence-corrected chi connectivity index (χ4v) is 2.51. The molecule has 1 heterocycles. The Bertz CT molecular complexity index is 583. The van der Waals surface area contributed by atoms with Gasteiger partial charge in [-0.25, -0.2) is 9.18 Å². The molecular formula is C17H24FN3O3. The molecule has 2 rings (SSSR count). The van der Waals surface area contributed by atoms with Gasteiger partial charge in [-0.1, -0.05) is 12.1 Å². The molecule has 7 heteroatoms. The van der Waals surface area contributed by atoms with E-state index < -0.39 is 17.4 Å². The van der Waals surface area contributed by atoms with E-state index in [4.69, 9.17) is 10.5 Å². The molecule has 132 valence electrons. The molecular weight excluding hydrogens is 313 g/mol. The molecule has 0 radical (unpaired) electrons. The van der Waals surface area contributed by atoms with Crippen molar-refractivity contribution in [3.8, 4) is 0 Å². The van der Waals surface area contributed by atoms with Crippen molar-refractivity contribution in [3.05, 3.63) is 35.6 Å². The topological polar surface area (TPSA) is 93.4 Å². The van der Waals surface area contributed by atoms with Crippen LogP contribution in [0.3, 0.4) is 0 Å². The summed E-state index contributed by atoms with van der Waals surface area (Å²) in [5, 5.41) is 5.52. The summed E-state index contributed by atoms with van der Waals surface area (Å²) in [6.45, 7) is 4.08. The third-order valence-electron chi connectivity index (χ3n) is 4.21. The van der Waals surface area contributed by atoms with E-state index >= 15 is 0 Å². The molecule has 1 fully saturated rings. The molecule has 6 nitrogen and oxygen atoms in total. The fraction of sp³-hybridized carbons (Fsp3) is 0.529. The highest BCUT2D eigenvalue weighted by molar-refractivity contribution is 5.81. The summed E-state index contributed by atoms with van der Waals surface area (Å²) in [5.74, 6) is -0.825. The summed E-state index contributed by atoms with van der Waals surface area (Å²) < 4.78 is 18.8. The maximum atomic E-state index is 13.1. The highest BCUT2D eigenvalue weighted by Gasteiger charge is 2.30. The normalized spacial score (nSPS) is 18.9. The van der Waals surface area contributed by atoms with Gasteiger partial charge in [-0.3, -0.25) is 4.79 Å². The number of rotatable bonds is 6. The van der Waals surface area contributed by atoms with Gasteiger partial charge in [-0.2, -0.15) is 0 Å². The average Bonchev–Trinajstić information content (AvgIpc) is 3.06. The first kappa shape index (κ1) is 18.2. The van der Waals surface area contributed by atoms with Crippen LogP contribution in [0.1, 0.15) is 38.3 Å². The van der Waals surface area contributed by atoms with Crippen LogP contribution < -0.4 is 16.4 Å². The highest BCUT2D eigenvalue weighted by Crippen LogP contribution is 2.27. The zero-order valence-electron chi connectivity index (χ0n) is 14.0. The number of urea groups is 1. The quantitative estimate of drug-likeness (QED) is 0.739. The van der Waals surface area contributed by atoms with Crippen molar-refractivity contribution in [2.24, 2.45) is 11.1 Å². The maximum absolute atomic E-state index is 13.1. The van der Waals surface area contributed by atoms with E-state index in [1.807, 2.05) is 0 Å². The van der Waals surface area contributed by atoms with Crippen LogP contribution in [-0.4, -0.2) is 31.2 Å². The van der Waals surface area contributed by atoms with Crippen LogP contribution in [0.5, 0.6) is 0 Å². The SMILES string of the molecule is CC(C)(CNC(=O)NC(c1ccc(F)cc1)C1CCCO1)C(N)=O. The number of primary amides is 1. The molecule has 2 unspecified atom stereocenters. The number of carbonyl (C=O) groups is 2. The number of nitrogens with one attached hydrogen (secondary N) is 2. The number of amides is 3. The standard InChI is InChI=1S/C17H24FN3O3/c1-17(2,15(19)22)10-20-16(23)21-14(13-4-3-9-24-13)11-5-7-12(18)8-6-11/h5-8,13-14H,3-4,9-10H2,1-2H3,(H2,19,22)(H2,20,21,23). The number of carbonyl (C=O) groups excluding carboxylic acids is 2. The van der Waals surface area contributed by atoms with Crippen molar-refractivity contribution >= 4 is 11.9 Å². The van der Waals surface area contributed by atoms with E-state index in [0.29, 0.717) is 6.61 Å². The second kappa shape index (κ2) is 7.61. The van der Waals surface area contributed by atoms with Crippen molar-refractivity contribution in [2.75, 3.05) is 13.2 Å². The van der Waals surface area contributed by atoms with E-state index in [1.54, 1.807) is 26.0 Å². The van der Waals surface area contributed by atoms with Crippen LogP contribution in [-0.2, 0) is 9.53 Å². The van der Waals surface area contributed by atoms with Gasteiger partial charge in [-0.05, 0) is 44.4 Å². The maximum Gasteiger partial charge on any atom is 0.315 e. The zero-order valence-corrected chi connectivity index (χ0v) is 14.0. The van der Waals surface area contributed by atoms with Gasteiger partial charge < -0.3 is 21.1 Å². The highest BCUT2D eigenvalue weighted by atomic mass is 19.1. The van der Waals surface area contributed by atoms with Gasteiger partial charge in [-0.15, -0.1) is 0 Å². The molecule has 1 aromatic carbocycles. The monoisotopic (exact) mass is 337 g/mol. The minimum Gasteiger partial charge on any atom is -0.376 e. The summed E-state index contributed by atoms with van der Waals surface area (Å²) in [6, 6.07) is 5.17. The smallest absolute Gasteiger partial charge is 0.315 e. The Morgan fingerprint density at radius 3 is 2.58 bits per heavy atom. The van der Waals surface area contributed by atoms with E-state index in [-0.39, 0.29) is 24.5 Å². The fourth-order valence-electron chi connectivity index (χ4n) is 2.51. The molecule has 1 aliphatic rings. The molecule has 0 spiro atoms. The first-order valence-corrected chi connectivity index (χ1v) is 8.01. The van der Waals surface area contributed by atoms with Gasteiger partial charge in [0.2, 0.25) is 5.91 Å². The zero-order chi connectivity index (χ0) is 17.7. The van der Waals surface area contributed by atoms with Crippen LogP contribution in [0.15, 0.2) is 24.3 Å². The van der Waals surface area contributed by atoms with Crippen molar-refractivity contribution < 1.29 is 18.7 Å². The van der Waals surface area contributed by atoms with Crippen molar-refractivity contribution in [2.45, 2.75) is 38.8 Å². The molecule has 0 saturated carbocycles. The Hall–Kier alpha value is -2.15. The lowest BCUT2D eigenvalue weighted by Crippen LogP contribution is -2.47. The van der Waals surface area contributed by atoms with Crippen LogP contribution in [0.25, 0.3) is 0 Å². The van der Waals surface area contributed by atoms with E-state index in [9.17, 15) is 14.0 Å². The van der Waals surface area contributed by atoms with Gasteiger partial charge >= 0.3 is 6.03 Å². The summed E-state index contributed by atoms with van der Waals surface area (Å²) >= 11 is 0. The molecule has 1 saturated heterocycles. The molecule has 0 aromatic heterocycles. The molecule has 4 N–H and O–H groups in total. The summed E-state index contributed by atoms with van der Waals surface area (Å²) in [7, 11) is 0. The van der Waals surface area contributed by atoms with Gasteiger partial charge in [0, 0.05) is 13.2 Å². The van der Waals surface area contributed by atoms with E-state index in [1.165, 1.54) is 12.1 Å². The Balaban J connectivity index is 2.04. The number of halogens is 1. The van der Waals surface area contributed by atoms with E-state index in [2.05, 4.69) is 10.6 Å². The minimum atomic E-state index is -0.841. The van der Waals surface area contributed by atoms with Crippen molar-refractivity contribution in [3.63, 3.8) is 0 Å². The van der Waals surface area contributed by atoms with Crippen LogP contribution in [0.4, 0.5) is 9.18 Å². The Morgan fingerprint density at radius 1 is 1.38 bits per heavy atom. The van der Waals surface area contributed by atoms with Crippen molar-refractivity contribution in [1.82, 2.24) is 10.6 Å². The second-order valence-corrected chi connectivity index (χ2v) is 6.66. The summed E-state index contributed by atoms with van der Waals surface area (Å²) in [5.41, 5.74) is 5.23.